The largest absolute Gasteiger partial charge is 0.435 e. The minimum atomic E-state index is -4.65. The number of aromatic amines is 1. The number of anilines is 1. The number of halogens is 3. The highest BCUT2D eigenvalue weighted by atomic mass is 19.4. The Balaban J connectivity index is 2.44. The van der Waals surface area contributed by atoms with Gasteiger partial charge in [0.15, 0.2) is 5.69 Å². The third kappa shape index (κ3) is 3.18. The molecule has 3 rings (SSSR count). The number of nitrogens with one attached hydrogen (secondary N) is 2. The molecule has 3 aromatic rings. The molecule has 0 aliphatic rings. The maximum absolute atomic E-state index is 13.3. The number of alkyl halides is 3. The van der Waals surface area contributed by atoms with Crippen LogP contribution in [0.4, 0.5) is 18.9 Å². The van der Waals surface area contributed by atoms with Gasteiger partial charge in [0.25, 0.3) is 0 Å². The first-order chi connectivity index (χ1) is 13.3. The Kier molecular flexibility index (Phi) is 4.83. The van der Waals surface area contributed by atoms with Gasteiger partial charge >= 0.3 is 6.18 Å². The maximum Gasteiger partial charge on any atom is 0.435 e. The lowest BCUT2D eigenvalue weighted by atomic mass is 9.96. The van der Waals surface area contributed by atoms with Crippen LogP contribution in [0.3, 0.4) is 0 Å². The molecule has 0 aliphatic heterocycles. The van der Waals surface area contributed by atoms with Gasteiger partial charge < -0.3 is 11.1 Å². The summed E-state index contributed by atoms with van der Waals surface area (Å²) in [5.74, 6) is 0. The highest BCUT2D eigenvalue weighted by Crippen LogP contribution is 2.37. The zero-order valence-corrected chi connectivity index (χ0v) is 14.5. The summed E-state index contributed by atoms with van der Waals surface area (Å²) < 4.78 is 39.9. The van der Waals surface area contributed by atoms with Gasteiger partial charge in [-0.05, 0) is 24.3 Å². The summed E-state index contributed by atoms with van der Waals surface area (Å²) in [4.78, 5) is 8.48. The molecule has 9 heteroatoms. The van der Waals surface area contributed by atoms with Crippen molar-refractivity contribution in [1.29, 1.82) is 5.41 Å². The number of rotatable bonds is 5. The Morgan fingerprint density at radius 1 is 1.29 bits per heavy atom. The smallest absolute Gasteiger partial charge is 0.398 e. The third-order valence-corrected chi connectivity index (χ3v) is 4.08. The number of allylic oxidation sites excluding steroid dienone is 1. The van der Waals surface area contributed by atoms with Crippen LogP contribution in [-0.2, 0) is 6.18 Å². The van der Waals surface area contributed by atoms with Crippen molar-refractivity contribution in [3.8, 4) is 11.3 Å². The molecular formula is C19H15F3N6. The molecule has 142 valence electrons. The quantitative estimate of drug-likeness (QED) is 0.450. The van der Waals surface area contributed by atoms with Crippen molar-refractivity contribution in [3.63, 3.8) is 0 Å². The molecule has 0 amide bonds. The van der Waals surface area contributed by atoms with Crippen LogP contribution in [0.5, 0.6) is 0 Å². The number of nitrogens with zero attached hydrogens (tertiary/aromatic N) is 3. The summed E-state index contributed by atoms with van der Waals surface area (Å²) in [6.45, 7) is 7.25. The number of nitrogens with two attached hydrogens (primary N) is 1. The zero-order valence-electron chi connectivity index (χ0n) is 14.5. The van der Waals surface area contributed by atoms with Gasteiger partial charge in [-0.3, -0.25) is 10.1 Å². The second-order valence-electron chi connectivity index (χ2n) is 5.71. The number of hydrogen-bond donors (Lipinski definition) is 3. The normalized spacial score (nSPS) is 12.2. The Labute approximate surface area is 157 Å². The van der Waals surface area contributed by atoms with E-state index >= 15 is 0 Å². The molecule has 0 bridgehead atoms. The van der Waals surface area contributed by atoms with E-state index in [1.54, 1.807) is 12.1 Å². The molecule has 0 spiro atoms. The summed E-state index contributed by atoms with van der Waals surface area (Å²) in [5, 5.41) is 13.7. The van der Waals surface area contributed by atoms with Crippen LogP contribution in [0, 0.1) is 5.41 Å². The van der Waals surface area contributed by atoms with Crippen molar-refractivity contribution in [1.82, 2.24) is 15.2 Å². The maximum atomic E-state index is 13.3. The van der Waals surface area contributed by atoms with Gasteiger partial charge in [-0.15, -0.1) is 0 Å². The first kappa shape index (κ1) is 19.0. The number of pyridine rings is 1. The van der Waals surface area contributed by atoms with Crippen molar-refractivity contribution in [2.24, 2.45) is 4.99 Å². The van der Waals surface area contributed by atoms with Crippen LogP contribution in [-0.4, -0.2) is 27.1 Å². The first-order valence-corrected chi connectivity index (χ1v) is 7.98. The topological polar surface area (TPSA) is 104 Å². The molecule has 2 heterocycles. The van der Waals surface area contributed by atoms with Crippen LogP contribution in [0.1, 0.15) is 16.8 Å². The SMILES string of the molecule is C=C/N=C(\C=C)c1cc(-c2c[nH]nc2C(F)(F)F)nc2ccc(N)c(C=N)c12. The minimum Gasteiger partial charge on any atom is -0.398 e. The van der Waals surface area contributed by atoms with E-state index in [2.05, 4.69) is 33.3 Å². The molecule has 2 aromatic heterocycles. The molecule has 0 fully saturated rings. The van der Waals surface area contributed by atoms with Gasteiger partial charge in [0.05, 0.1) is 22.5 Å². The van der Waals surface area contributed by atoms with E-state index in [0.717, 1.165) is 12.4 Å². The monoisotopic (exact) mass is 384 g/mol. The number of aliphatic imine (C=N–C) groups is 1. The van der Waals surface area contributed by atoms with Gasteiger partial charge in [0.1, 0.15) is 0 Å². The highest BCUT2D eigenvalue weighted by molar-refractivity contribution is 6.20. The number of benzene rings is 1. The molecule has 4 N–H and O–H groups in total. The summed E-state index contributed by atoms with van der Waals surface area (Å²) in [5.41, 5.74) is 6.59. The molecule has 1 aromatic carbocycles. The zero-order chi connectivity index (χ0) is 20.5. The Hall–Kier alpha value is -3.75. The predicted molar refractivity (Wildman–Crippen MR) is 104 cm³/mol. The number of nitrogen functional groups attached to an aromatic ring is 1. The lowest BCUT2D eigenvalue weighted by molar-refractivity contribution is -0.140. The van der Waals surface area contributed by atoms with Crippen LogP contribution in [0.25, 0.3) is 22.2 Å². The van der Waals surface area contributed by atoms with E-state index in [1.165, 1.54) is 18.3 Å². The summed E-state index contributed by atoms with van der Waals surface area (Å²) in [6.07, 6.45) is 0.281. The second-order valence-corrected chi connectivity index (χ2v) is 5.71. The second kappa shape index (κ2) is 7.10. The molecule has 0 radical (unpaired) electrons. The molecule has 0 atom stereocenters. The summed E-state index contributed by atoms with van der Waals surface area (Å²) in [6, 6.07) is 4.56. The summed E-state index contributed by atoms with van der Waals surface area (Å²) >= 11 is 0. The van der Waals surface area contributed by atoms with E-state index in [9.17, 15) is 13.2 Å². The van der Waals surface area contributed by atoms with E-state index < -0.39 is 11.9 Å². The predicted octanol–water partition coefficient (Wildman–Crippen LogP) is 4.34. The first-order valence-electron chi connectivity index (χ1n) is 7.98. The minimum absolute atomic E-state index is 0.0443. The van der Waals surface area contributed by atoms with Crippen LogP contribution >= 0.6 is 0 Å². The van der Waals surface area contributed by atoms with Crippen molar-refractivity contribution >= 4 is 28.5 Å². The van der Waals surface area contributed by atoms with Gasteiger partial charge in [0, 0.05) is 40.8 Å². The fourth-order valence-electron chi connectivity index (χ4n) is 2.90. The van der Waals surface area contributed by atoms with E-state index in [-0.39, 0.29) is 11.3 Å². The number of H-pyrrole nitrogens is 1. The fraction of sp³-hybridized carbons (Fsp3) is 0.0526. The molecule has 0 saturated carbocycles. The Morgan fingerprint density at radius 2 is 2.04 bits per heavy atom. The third-order valence-electron chi connectivity index (χ3n) is 4.08. The highest BCUT2D eigenvalue weighted by Gasteiger charge is 2.37. The van der Waals surface area contributed by atoms with Crippen LogP contribution < -0.4 is 5.73 Å². The summed E-state index contributed by atoms with van der Waals surface area (Å²) in [7, 11) is 0. The van der Waals surface area contributed by atoms with Gasteiger partial charge in [-0.2, -0.15) is 18.3 Å². The van der Waals surface area contributed by atoms with Crippen LogP contribution in [0.2, 0.25) is 0 Å². The number of aromatic nitrogens is 3. The Morgan fingerprint density at radius 3 is 2.64 bits per heavy atom. The standard InChI is InChI=1S/C19H15F3N6/c1-3-14(25-4-2)10-7-16(12-9-26-28-18(12)19(20,21)22)27-15-6-5-13(24)11(8-23)17(10)15/h3-9,23H,1-2,24H2,(H,26,28)/b23-8?,25-14+. The molecule has 0 unspecified atom stereocenters. The average molecular weight is 384 g/mol. The van der Waals surface area contributed by atoms with Crippen molar-refractivity contribution in [2.45, 2.75) is 6.18 Å². The van der Waals surface area contributed by atoms with Crippen molar-refractivity contribution in [3.05, 3.63) is 66.7 Å². The van der Waals surface area contributed by atoms with Crippen LogP contribution in [0.15, 0.2) is 54.8 Å². The lowest BCUT2D eigenvalue weighted by Crippen LogP contribution is -2.09. The van der Waals surface area contributed by atoms with E-state index in [4.69, 9.17) is 11.1 Å². The van der Waals surface area contributed by atoms with Crippen molar-refractivity contribution < 1.29 is 13.2 Å². The molecule has 0 aliphatic carbocycles. The van der Waals surface area contributed by atoms with Gasteiger partial charge in [-0.25, -0.2) is 4.98 Å². The molecule has 6 nitrogen and oxygen atoms in total. The number of hydrogen-bond acceptors (Lipinski definition) is 5. The molecular weight excluding hydrogens is 369 g/mol. The number of fused-ring (bicyclic) bond motifs is 1. The van der Waals surface area contributed by atoms with E-state index in [0.29, 0.717) is 33.4 Å². The van der Waals surface area contributed by atoms with Gasteiger partial charge in [-0.1, -0.05) is 13.2 Å². The van der Waals surface area contributed by atoms with Crippen molar-refractivity contribution in [2.75, 3.05) is 5.73 Å². The fourth-order valence-corrected chi connectivity index (χ4v) is 2.90. The molecule has 28 heavy (non-hydrogen) atoms. The average Bonchev–Trinajstić information content (AvgIpc) is 3.16. The van der Waals surface area contributed by atoms with Gasteiger partial charge in [0.2, 0.25) is 0 Å². The van der Waals surface area contributed by atoms with E-state index in [1.807, 2.05) is 0 Å². The Bertz CT molecular complexity index is 1120. The molecule has 0 saturated heterocycles. The lowest BCUT2D eigenvalue weighted by Gasteiger charge is -2.14.